The van der Waals surface area contributed by atoms with Crippen LogP contribution in [0.3, 0.4) is 0 Å². The fourth-order valence-electron chi connectivity index (χ4n) is 3.05. The van der Waals surface area contributed by atoms with Crippen molar-refractivity contribution in [3.05, 3.63) is 34.3 Å². The van der Waals surface area contributed by atoms with E-state index in [0.717, 1.165) is 0 Å². The summed E-state index contributed by atoms with van der Waals surface area (Å²) in [6.45, 7) is 6.62. The highest BCUT2D eigenvalue weighted by Gasteiger charge is 2.68. The lowest BCUT2D eigenvalue weighted by Crippen LogP contribution is -2.42. The number of nitrogens with zero attached hydrogens (tertiary/aromatic N) is 1. The number of benzene rings is 1. The van der Waals surface area contributed by atoms with Crippen molar-refractivity contribution < 1.29 is 32.0 Å². The van der Waals surface area contributed by atoms with Crippen molar-refractivity contribution in [2.24, 2.45) is 5.10 Å². The molecule has 0 amide bonds. The molecule has 1 aromatic carbocycles. The van der Waals surface area contributed by atoms with E-state index in [2.05, 4.69) is 26.5 Å². The number of carbonyl (C=O) groups excluding carboxylic acids is 1. The average Bonchev–Trinajstić information content (AvgIpc) is 3.17. The number of Topliss-reactive ketones (excluding diaryl/α,β-unsaturated/α-hetero) is 1. The Hall–Kier alpha value is -0.860. The highest BCUT2D eigenvalue weighted by atomic mass is 79.9. The van der Waals surface area contributed by atoms with Crippen molar-refractivity contribution in [1.29, 1.82) is 0 Å². The number of ketones is 1. The number of halogens is 1. The molecule has 0 bridgehead atoms. The predicted octanol–water partition coefficient (Wildman–Crippen LogP) is 5.17. The fraction of sp³-hybridized carbons (Fsp3) is 0.556. The van der Waals surface area contributed by atoms with Crippen LogP contribution >= 0.6 is 31.1 Å². The largest absolute Gasteiger partial charge is 0.370 e. The Balaban J connectivity index is 2.57. The van der Waals surface area contributed by atoms with E-state index in [1.54, 1.807) is 52.0 Å². The average molecular weight is 525 g/mol. The first-order valence-electron chi connectivity index (χ1n) is 9.65. The van der Waals surface area contributed by atoms with Gasteiger partial charge in [0.1, 0.15) is 5.71 Å². The minimum atomic E-state index is -4.16. The maximum absolute atomic E-state index is 13.9. The first kappa shape index (κ1) is 25.4. The Morgan fingerprint density at radius 2 is 1.47 bits per heavy atom. The van der Waals surface area contributed by atoms with Gasteiger partial charge in [-0.3, -0.25) is 19.4 Å². The van der Waals surface area contributed by atoms with Crippen LogP contribution in [0.1, 0.15) is 44.5 Å². The molecule has 0 fully saturated rings. The zero-order chi connectivity index (χ0) is 22.4. The topological polar surface area (TPSA) is 113 Å². The number of rotatable bonds is 12. The van der Waals surface area contributed by atoms with Crippen molar-refractivity contribution >= 4 is 42.6 Å². The highest BCUT2D eigenvalue weighted by Crippen LogP contribution is 2.78. The molecule has 30 heavy (non-hydrogen) atoms. The van der Waals surface area contributed by atoms with Crippen LogP contribution in [0.4, 0.5) is 0 Å². The van der Waals surface area contributed by atoms with Gasteiger partial charge < -0.3 is 18.1 Å². The van der Waals surface area contributed by atoms with Gasteiger partial charge in [0.25, 0.3) is 5.02 Å². The van der Waals surface area contributed by atoms with Crippen LogP contribution in [-0.4, -0.2) is 42.9 Å². The smallest absolute Gasteiger partial charge is 0.307 e. The third-order valence-corrected chi connectivity index (χ3v) is 11.1. The van der Waals surface area contributed by atoms with E-state index in [4.69, 9.17) is 18.1 Å². The molecule has 0 saturated heterocycles. The van der Waals surface area contributed by atoms with Gasteiger partial charge in [0.05, 0.1) is 26.4 Å². The summed E-state index contributed by atoms with van der Waals surface area (Å²) in [6, 6.07) is 6.84. The van der Waals surface area contributed by atoms with E-state index >= 15 is 0 Å². The minimum absolute atomic E-state index is 0.0150. The summed E-state index contributed by atoms with van der Waals surface area (Å²) in [7, 11) is -8.32. The molecule has 0 atom stereocenters. The first-order chi connectivity index (χ1) is 14.2. The molecule has 1 aliphatic heterocycles. The monoisotopic (exact) mass is 524 g/mol. The lowest BCUT2D eigenvalue weighted by molar-refractivity contribution is 0.106. The Morgan fingerprint density at radius 3 is 1.90 bits per heavy atom. The normalized spacial score (nSPS) is 16.2. The van der Waals surface area contributed by atoms with Crippen molar-refractivity contribution in [2.75, 3.05) is 26.4 Å². The van der Waals surface area contributed by atoms with Crippen molar-refractivity contribution in [3.8, 4) is 0 Å². The lowest BCUT2D eigenvalue weighted by atomic mass is 10.1. The summed E-state index contributed by atoms with van der Waals surface area (Å²) in [4.78, 5) is 13.1. The van der Waals surface area contributed by atoms with Gasteiger partial charge in [0.2, 0.25) is 5.78 Å². The Kier molecular flexibility index (Phi) is 9.01. The summed E-state index contributed by atoms with van der Waals surface area (Å²) in [5.74, 6) is -0.420. The third kappa shape index (κ3) is 4.65. The molecule has 12 heteroatoms. The van der Waals surface area contributed by atoms with Gasteiger partial charge in [-0.2, -0.15) is 5.10 Å². The SMILES string of the molecule is CCOP(=O)(OCC)C1(P(=O)(OCC)OCC)CC(C(=O)c2ccccc2Br)=NN1. The minimum Gasteiger partial charge on any atom is -0.307 e. The Morgan fingerprint density at radius 1 is 1.00 bits per heavy atom. The second-order valence-corrected chi connectivity index (χ2v) is 11.9. The first-order valence-corrected chi connectivity index (χ1v) is 13.5. The number of hydrazone groups is 1. The van der Waals surface area contributed by atoms with Gasteiger partial charge >= 0.3 is 15.2 Å². The van der Waals surface area contributed by atoms with Crippen molar-refractivity contribution in [2.45, 2.75) is 39.1 Å². The molecule has 0 saturated carbocycles. The molecule has 2 rings (SSSR count). The number of hydrogen-bond acceptors (Lipinski definition) is 9. The zero-order valence-electron chi connectivity index (χ0n) is 17.4. The molecule has 1 heterocycles. The fourth-order valence-corrected chi connectivity index (χ4v) is 8.80. The highest BCUT2D eigenvalue weighted by molar-refractivity contribution is 9.10. The summed E-state index contributed by atoms with van der Waals surface area (Å²) < 4.78 is 50.3. The van der Waals surface area contributed by atoms with Gasteiger partial charge in [0.15, 0.2) is 0 Å². The van der Waals surface area contributed by atoms with Crippen LogP contribution in [0, 0.1) is 0 Å². The van der Waals surface area contributed by atoms with Crippen LogP contribution < -0.4 is 5.43 Å². The number of hydrogen-bond donors (Lipinski definition) is 1. The van der Waals surface area contributed by atoms with Gasteiger partial charge in [-0.25, -0.2) is 0 Å². The van der Waals surface area contributed by atoms with Crippen LogP contribution in [0.2, 0.25) is 0 Å². The van der Waals surface area contributed by atoms with E-state index in [1.165, 1.54) is 0 Å². The molecule has 9 nitrogen and oxygen atoms in total. The molecular weight excluding hydrogens is 498 g/mol. The summed E-state index contributed by atoms with van der Waals surface area (Å²) in [5.41, 5.74) is 3.01. The van der Waals surface area contributed by atoms with Crippen molar-refractivity contribution in [3.63, 3.8) is 0 Å². The zero-order valence-corrected chi connectivity index (χ0v) is 20.8. The molecule has 1 aliphatic rings. The van der Waals surface area contributed by atoms with Crippen LogP contribution in [0.15, 0.2) is 33.8 Å². The lowest BCUT2D eigenvalue weighted by Gasteiger charge is -2.38. The van der Waals surface area contributed by atoms with Gasteiger partial charge in [-0.05, 0) is 39.8 Å². The number of carbonyl (C=O) groups is 1. The summed E-state index contributed by atoms with van der Waals surface area (Å²) in [6.07, 6.45) is -0.318. The van der Waals surface area contributed by atoms with Crippen LogP contribution in [-0.2, 0) is 27.2 Å². The van der Waals surface area contributed by atoms with Crippen LogP contribution in [0.25, 0.3) is 0 Å². The quantitative estimate of drug-likeness (QED) is 0.294. The van der Waals surface area contributed by atoms with E-state index < -0.39 is 26.0 Å². The van der Waals surface area contributed by atoms with E-state index in [9.17, 15) is 13.9 Å². The second kappa shape index (κ2) is 10.6. The number of nitrogens with one attached hydrogen (secondary N) is 1. The van der Waals surface area contributed by atoms with Crippen molar-refractivity contribution in [1.82, 2.24) is 5.43 Å². The van der Waals surface area contributed by atoms with Gasteiger partial charge in [0, 0.05) is 16.5 Å². The Bertz CT molecular complexity index is 843. The summed E-state index contributed by atoms with van der Waals surface area (Å²) >= 11 is 3.35. The second-order valence-electron chi connectivity index (χ2n) is 6.14. The molecule has 0 unspecified atom stereocenters. The standard InChI is InChI=1S/C18H27BrN2O7P2/c1-5-25-29(23,26-6-2)18(30(24,27-7-3)28-8-4)13-16(20-21-18)17(22)14-11-9-10-12-15(14)19/h9-12,21H,5-8,13H2,1-4H3. The van der Waals surface area contributed by atoms with Crippen LogP contribution in [0.5, 0.6) is 0 Å². The molecule has 0 spiro atoms. The molecule has 168 valence electrons. The molecule has 1 aromatic rings. The summed E-state index contributed by atoms with van der Waals surface area (Å²) in [5, 5.41) is 2.12. The predicted molar refractivity (Wildman–Crippen MR) is 118 cm³/mol. The molecule has 1 N–H and O–H groups in total. The Labute approximate surface area is 185 Å². The maximum atomic E-state index is 13.9. The molecular formula is C18H27BrN2O7P2. The van der Waals surface area contributed by atoms with Gasteiger partial charge in [-0.1, -0.05) is 28.1 Å². The third-order valence-electron chi connectivity index (χ3n) is 4.27. The molecule has 0 aromatic heterocycles. The van der Waals surface area contributed by atoms with Gasteiger partial charge in [-0.15, -0.1) is 0 Å². The molecule has 0 radical (unpaired) electrons. The maximum Gasteiger partial charge on any atom is 0.370 e. The molecule has 0 aliphatic carbocycles. The van der Waals surface area contributed by atoms with E-state index in [1.807, 2.05) is 0 Å². The van der Waals surface area contributed by atoms with E-state index in [0.29, 0.717) is 10.0 Å². The van der Waals surface area contributed by atoms with E-state index in [-0.39, 0.29) is 38.6 Å².